The largest absolute Gasteiger partial charge is 0.494 e. The lowest BCUT2D eigenvalue weighted by Gasteiger charge is -2.25. The fourth-order valence-corrected chi connectivity index (χ4v) is 2.57. The molecule has 0 radical (unpaired) electrons. The molecule has 144 valence electrons. The van der Waals surface area contributed by atoms with Crippen LogP contribution < -0.4 is 9.47 Å². The maximum Gasteiger partial charge on any atom is 0.269 e. The van der Waals surface area contributed by atoms with E-state index in [1.165, 1.54) is 12.1 Å². The fourth-order valence-electron chi connectivity index (χ4n) is 2.57. The second-order valence-corrected chi connectivity index (χ2v) is 6.04. The van der Waals surface area contributed by atoms with Gasteiger partial charge >= 0.3 is 0 Å². The molecule has 0 N–H and O–H groups in total. The summed E-state index contributed by atoms with van der Waals surface area (Å²) in [7, 11) is 1.68. The third-order valence-corrected chi connectivity index (χ3v) is 4.26. The number of nitro groups is 1. The van der Waals surface area contributed by atoms with Gasteiger partial charge in [0.05, 0.1) is 30.6 Å². The van der Waals surface area contributed by atoms with Crippen LogP contribution in [-0.2, 0) is 4.79 Å². The molecule has 1 atom stereocenters. The van der Waals surface area contributed by atoms with Crippen molar-refractivity contribution in [3.63, 3.8) is 0 Å². The average Bonchev–Trinajstić information content (AvgIpc) is 2.68. The summed E-state index contributed by atoms with van der Waals surface area (Å²) < 4.78 is 11.0. The molecular formula is C20H24N2O5. The van der Waals surface area contributed by atoms with E-state index >= 15 is 0 Å². The number of hydrogen-bond acceptors (Lipinski definition) is 5. The highest BCUT2D eigenvalue weighted by molar-refractivity contribution is 5.76. The van der Waals surface area contributed by atoms with Crippen molar-refractivity contribution in [3.8, 4) is 11.5 Å². The summed E-state index contributed by atoms with van der Waals surface area (Å²) in [6.07, 6.45) is 0.211. The van der Waals surface area contributed by atoms with Crippen LogP contribution in [0.1, 0.15) is 31.9 Å². The van der Waals surface area contributed by atoms with E-state index in [-0.39, 0.29) is 30.7 Å². The van der Waals surface area contributed by atoms with E-state index in [2.05, 4.69) is 0 Å². The third-order valence-electron chi connectivity index (χ3n) is 4.26. The van der Waals surface area contributed by atoms with Gasteiger partial charge in [0.15, 0.2) is 0 Å². The molecule has 2 aromatic rings. The Balaban J connectivity index is 1.87. The van der Waals surface area contributed by atoms with Crippen molar-refractivity contribution in [3.05, 3.63) is 64.2 Å². The van der Waals surface area contributed by atoms with Crippen molar-refractivity contribution >= 4 is 11.6 Å². The summed E-state index contributed by atoms with van der Waals surface area (Å²) in [4.78, 5) is 24.4. The lowest BCUT2D eigenvalue weighted by atomic mass is 10.1. The molecule has 0 fully saturated rings. The summed E-state index contributed by atoms with van der Waals surface area (Å²) in [5.74, 6) is 1.34. The van der Waals surface area contributed by atoms with Crippen molar-refractivity contribution < 1.29 is 19.2 Å². The Morgan fingerprint density at radius 1 is 1.15 bits per heavy atom. The molecule has 7 nitrogen and oxygen atoms in total. The average molecular weight is 372 g/mol. The molecule has 27 heavy (non-hydrogen) atoms. The number of non-ortho nitro benzene ring substituents is 1. The van der Waals surface area contributed by atoms with Crippen LogP contribution in [-0.4, -0.2) is 36.0 Å². The first-order chi connectivity index (χ1) is 12.9. The van der Waals surface area contributed by atoms with Gasteiger partial charge in [0, 0.05) is 19.2 Å². The summed E-state index contributed by atoms with van der Waals surface area (Å²) >= 11 is 0. The molecule has 0 saturated carbocycles. The minimum atomic E-state index is -0.442. The predicted octanol–water partition coefficient (Wildman–Crippen LogP) is 3.98. The normalized spacial score (nSPS) is 11.5. The van der Waals surface area contributed by atoms with Crippen LogP contribution in [0.4, 0.5) is 5.69 Å². The minimum absolute atomic E-state index is 0.0130. The molecule has 2 aromatic carbocycles. The highest BCUT2D eigenvalue weighted by Crippen LogP contribution is 2.23. The Morgan fingerprint density at radius 2 is 1.78 bits per heavy atom. The van der Waals surface area contributed by atoms with Gasteiger partial charge in [-0.25, -0.2) is 0 Å². The quantitative estimate of drug-likeness (QED) is 0.491. The van der Waals surface area contributed by atoms with E-state index in [9.17, 15) is 14.9 Å². The van der Waals surface area contributed by atoms with Crippen molar-refractivity contribution in [2.24, 2.45) is 0 Å². The predicted molar refractivity (Wildman–Crippen MR) is 102 cm³/mol. The van der Waals surface area contributed by atoms with Crippen LogP contribution >= 0.6 is 0 Å². The zero-order chi connectivity index (χ0) is 19.8. The Kier molecular flexibility index (Phi) is 7.16. The monoisotopic (exact) mass is 372 g/mol. The molecule has 0 saturated heterocycles. The smallest absolute Gasteiger partial charge is 0.269 e. The Labute approximate surface area is 158 Å². The number of nitro benzene ring substituents is 1. The van der Waals surface area contributed by atoms with Crippen molar-refractivity contribution in [1.82, 2.24) is 4.90 Å². The van der Waals surface area contributed by atoms with Gasteiger partial charge in [0.2, 0.25) is 5.91 Å². The van der Waals surface area contributed by atoms with Gasteiger partial charge in [-0.05, 0) is 43.7 Å². The number of rotatable bonds is 9. The first kappa shape index (κ1) is 20.2. The first-order valence-electron chi connectivity index (χ1n) is 8.78. The second kappa shape index (κ2) is 9.56. The number of carbonyl (C=O) groups is 1. The molecule has 0 bridgehead atoms. The number of nitrogens with zero attached hydrogens (tertiary/aromatic N) is 2. The lowest BCUT2D eigenvalue weighted by molar-refractivity contribution is -0.384. The summed E-state index contributed by atoms with van der Waals surface area (Å²) in [5, 5.41) is 10.9. The summed E-state index contributed by atoms with van der Waals surface area (Å²) in [6.45, 7) is 4.61. The van der Waals surface area contributed by atoms with E-state index in [4.69, 9.17) is 9.47 Å². The van der Waals surface area contributed by atoms with Crippen molar-refractivity contribution in [1.29, 1.82) is 0 Å². The molecule has 1 amide bonds. The number of hydrogen-bond donors (Lipinski definition) is 0. The lowest BCUT2D eigenvalue weighted by Crippen LogP contribution is -2.30. The van der Waals surface area contributed by atoms with Gasteiger partial charge < -0.3 is 14.4 Å². The second-order valence-electron chi connectivity index (χ2n) is 6.04. The molecule has 0 aromatic heterocycles. The maximum atomic E-state index is 12.4. The fraction of sp³-hybridized carbons (Fsp3) is 0.350. The topological polar surface area (TPSA) is 81.9 Å². The van der Waals surface area contributed by atoms with Crippen LogP contribution in [0.25, 0.3) is 0 Å². The number of ether oxygens (including phenoxy) is 2. The van der Waals surface area contributed by atoms with Crippen LogP contribution in [0.3, 0.4) is 0 Å². The number of benzene rings is 2. The van der Waals surface area contributed by atoms with Crippen LogP contribution in [0.15, 0.2) is 48.5 Å². The molecule has 0 aliphatic carbocycles. The van der Waals surface area contributed by atoms with Crippen LogP contribution in [0, 0.1) is 10.1 Å². The Hall–Kier alpha value is -3.09. The SMILES string of the molecule is CCOc1ccc(OCCC(=O)N(C)C(C)c2cccc([N+](=O)[O-])c2)cc1. The van der Waals surface area contributed by atoms with Gasteiger partial charge in [0.1, 0.15) is 11.5 Å². The molecule has 0 aliphatic rings. The molecule has 2 rings (SSSR count). The van der Waals surface area contributed by atoms with E-state index in [0.717, 1.165) is 5.75 Å². The zero-order valence-electron chi connectivity index (χ0n) is 15.8. The van der Waals surface area contributed by atoms with Crippen LogP contribution in [0.5, 0.6) is 11.5 Å². The standard InChI is InChI=1S/C20H24N2O5/c1-4-26-18-8-10-19(11-9-18)27-13-12-20(23)21(3)15(2)16-6-5-7-17(14-16)22(24)25/h5-11,14-15H,4,12-13H2,1-3H3. The van der Waals surface area contributed by atoms with Gasteiger partial charge in [-0.3, -0.25) is 14.9 Å². The Bertz CT molecular complexity index is 776. The molecular weight excluding hydrogens is 348 g/mol. The van der Waals surface area contributed by atoms with E-state index in [0.29, 0.717) is 17.9 Å². The first-order valence-corrected chi connectivity index (χ1v) is 8.78. The van der Waals surface area contributed by atoms with Crippen molar-refractivity contribution in [2.45, 2.75) is 26.3 Å². The summed E-state index contributed by atoms with van der Waals surface area (Å²) in [6, 6.07) is 13.3. The molecule has 0 aliphatic heterocycles. The summed E-state index contributed by atoms with van der Waals surface area (Å²) in [5.41, 5.74) is 0.728. The zero-order valence-corrected chi connectivity index (χ0v) is 15.8. The number of amides is 1. The molecule has 0 heterocycles. The van der Waals surface area contributed by atoms with E-state index in [1.54, 1.807) is 36.2 Å². The highest BCUT2D eigenvalue weighted by atomic mass is 16.6. The van der Waals surface area contributed by atoms with E-state index in [1.807, 2.05) is 26.0 Å². The van der Waals surface area contributed by atoms with Gasteiger partial charge in [-0.2, -0.15) is 0 Å². The van der Waals surface area contributed by atoms with E-state index < -0.39 is 4.92 Å². The maximum absolute atomic E-state index is 12.4. The van der Waals surface area contributed by atoms with Crippen LogP contribution in [0.2, 0.25) is 0 Å². The molecule has 7 heteroatoms. The van der Waals surface area contributed by atoms with Gasteiger partial charge in [-0.1, -0.05) is 12.1 Å². The Morgan fingerprint density at radius 3 is 2.37 bits per heavy atom. The van der Waals surface area contributed by atoms with Gasteiger partial charge in [-0.15, -0.1) is 0 Å². The minimum Gasteiger partial charge on any atom is -0.494 e. The number of carbonyl (C=O) groups excluding carboxylic acids is 1. The molecule has 0 spiro atoms. The van der Waals surface area contributed by atoms with Crippen molar-refractivity contribution in [2.75, 3.05) is 20.3 Å². The molecule has 1 unspecified atom stereocenters. The third kappa shape index (κ3) is 5.70. The highest BCUT2D eigenvalue weighted by Gasteiger charge is 2.19. The van der Waals surface area contributed by atoms with Gasteiger partial charge in [0.25, 0.3) is 5.69 Å².